The average molecular weight is 256 g/mol. The van der Waals surface area contributed by atoms with Crippen LogP contribution in [0.5, 0.6) is 5.75 Å². The van der Waals surface area contributed by atoms with E-state index in [0.29, 0.717) is 11.1 Å². The van der Waals surface area contributed by atoms with Crippen molar-refractivity contribution < 1.29 is 9.47 Å². The van der Waals surface area contributed by atoms with E-state index in [1.807, 2.05) is 32.2 Å². The van der Waals surface area contributed by atoms with Crippen LogP contribution in [-0.2, 0) is 4.74 Å². The number of hydrogen-bond acceptors (Lipinski definition) is 3. The summed E-state index contributed by atoms with van der Waals surface area (Å²) in [6.45, 7) is 2.01. The summed E-state index contributed by atoms with van der Waals surface area (Å²) in [5.41, 5.74) is 1.13. The largest absolute Gasteiger partial charge is 0.486 e. The highest BCUT2D eigenvalue weighted by atomic mass is 35.5. The standard InChI is InChI=1S/C13H18ClNO2/c1-8-4-5-11(9(14)6-8)17-12-7-10(15-2)13(12)16-3/h4-6,10,12-13,15H,7H2,1-3H3. The highest BCUT2D eigenvalue weighted by Gasteiger charge is 2.42. The van der Waals surface area contributed by atoms with Gasteiger partial charge >= 0.3 is 0 Å². The van der Waals surface area contributed by atoms with Crippen LogP contribution < -0.4 is 10.1 Å². The highest BCUT2D eigenvalue weighted by molar-refractivity contribution is 6.32. The third-order valence-corrected chi connectivity index (χ3v) is 3.55. The van der Waals surface area contributed by atoms with Crippen molar-refractivity contribution in [2.45, 2.75) is 31.6 Å². The summed E-state index contributed by atoms with van der Waals surface area (Å²) in [6.07, 6.45) is 1.12. The monoisotopic (exact) mass is 255 g/mol. The lowest BCUT2D eigenvalue weighted by molar-refractivity contribution is -0.0869. The van der Waals surface area contributed by atoms with Crippen molar-refractivity contribution in [2.24, 2.45) is 0 Å². The number of halogens is 1. The quantitative estimate of drug-likeness (QED) is 0.896. The number of methoxy groups -OCH3 is 1. The molecule has 4 heteroatoms. The summed E-state index contributed by atoms with van der Waals surface area (Å²) in [5, 5.41) is 3.86. The van der Waals surface area contributed by atoms with Crippen molar-refractivity contribution in [3.8, 4) is 5.75 Å². The number of likely N-dealkylation sites (N-methyl/N-ethyl adjacent to an activating group) is 1. The Kier molecular flexibility index (Phi) is 3.92. The predicted molar refractivity (Wildman–Crippen MR) is 68.9 cm³/mol. The van der Waals surface area contributed by atoms with Crippen LogP contribution in [0.25, 0.3) is 0 Å². The van der Waals surface area contributed by atoms with Gasteiger partial charge in [-0.3, -0.25) is 0 Å². The van der Waals surface area contributed by atoms with E-state index in [-0.39, 0.29) is 12.2 Å². The van der Waals surface area contributed by atoms with Crippen LogP contribution in [0, 0.1) is 6.92 Å². The lowest BCUT2D eigenvalue weighted by atomic mass is 9.85. The zero-order chi connectivity index (χ0) is 12.4. The molecule has 1 N–H and O–H groups in total. The summed E-state index contributed by atoms with van der Waals surface area (Å²) < 4.78 is 11.3. The van der Waals surface area contributed by atoms with Crippen LogP contribution in [0.2, 0.25) is 5.02 Å². The van der Waals surface area contributed by atoms with Crippen molar-refractivity contribution in [2.75, 3.05) is 14.2 Å². The van der Waals surface area contributed by atoms with E-state index >= 15 is 0 Å². The third-order valence-electron chi connectivity index (χ3n) is 3.26. The first-order chi connectivity index (χ1) is 8.15. The predicted octanol–water partition coefficient (Wildman–Crippen LogP) is 2.40. The second kappa shape index (κ2) is 5.25. The molecule has 1 saturated carbocycles. The Hall–Kier alpha value is -0.770. The zero-order valence-corrected chi connectivity index (χ0v) is 11.1. The van der Waals surface area contributed by atoms with Gasteiger partial charge in [-0.15, -0.1) is 0 Å². The van der Waals surface area contributed by atoms with Gasteiger partial charge in [0, 0.05) is 19.6 Å². The van der Waals surface area contributed by atoms with E-state index in [0.717, 1.165) is 17.7 Å². The molecule has 1 aromatic rings. The lowest BCUT2D eigenvalue weighted by Crippen LogP contribution is -2.60. The number of aryl methyl sites for hydroxylation is 1. The smallest absolute Gasteiger partial charge is 0.138 e. The lowest BCUT2D eigenvalue weighted by Gasteiger charge is -2.43. The van der Waals surface area contributed by atoms with Gasteiger partial charge in [0.1, 0.15) is 18.0 Å². The second-order valence-corrected chi connectivity index (χ2v) is 4.83. The fraction of sp³-hybridized carbons (Fsp3) is 0.538. The first kappa shape index (κ1) is 12.7. The molecule has 3 unspecified atom stereocenters. The molecular weight excluding hydrogens is 238 g/mol. The highest BCUT2D eigenvalue weighted by Crippen LogP contribution is 2.32. The molecule has 0 spiro atoms. The Morgan fingerprint density at radius 3 is 2.76 bits per heavy atom. The number of ether oxygens (including phenoxy) is 2. The van der Waals surface area contributed by atoms with Crippen LogP contribution in [0.3, 0.4) is 0 Å². The van der Waals surface area contributed by atoms with E-state index in [4.69, 9.17) is 21.1 Å². The molecule has 0 bridgehead atoms. The first-order valence-corrected chi connectivity index (χ1v) is 6.16. The van der Waals surface area contributed by atoms with Crippen molar-refractivity contribution in [1.29, 1.82) is 0 Å². The minimum Gasteiger partial charge on any atom is -0.486 e. The van der Waals surface area contributed by atoms with Crippen molar-refractivity contribution in [1.82, 2.24) is 5.32 Å². The molecule has 1 fully saturated rings. The molecule has 2 rings (SSSR count). The minimum atomic E-state index is 0.0812. The fourth-order valence-electron chi connectivity index (χ4n) is 2.16. The van der Waals surface area contributed by atoms with E-state index in [9.17, 15) is 0 Å². The molecule has 1 aromatic carbocycles. The van der Waals surface area contributed by atoms with Crippen molar-refractivity contribution >= 4 is 11.6 Å². The topological polar surface area (TPSA) is 30.5 Å². The molecular formula is C13H18ClNO2. The van der Waals surface area contributed by atoms with Crippen LogP contribution in [0.15, 0.2) is 18.2 Å². The van der Waals surface area contributed by atoms with Gasteiger partial charge in [-0.05, 0) is 31.7 Å². The van der Waals surface area contributed by atoms with Crippen LogP contribution >= 0.6 is 11.6 Å². The van der Waals surface area contributed by atoms with Gasteiger partial charge in [0.15, 0.2) is 0 Å². The number of nitrogens with one attached hydrogen (secondary N) is 1. The first-order valence-electron chi connectivity index (χ1n) is 5.78. The van der Waals surface area contributed by atoms with Gasteiger partial charge in [-0.25, -0.2) is 0 Å². The van der Waals surface area contributed by atoms with Gasteiger partial charge in [-0.2, -0.15) is 0 Å². The Bertz CT molecular complexity index is 397. The molecule has 94 valence electrons. The summed E-state index contributed by atoms with van der Waals surface area (Å²) in [5.74, 6) is 0.735. The molecule has 0 saturated heterocycles. The average Bonchev–Trinajstić information content (AvgIpc) is 2.26. The van der Waals surface area contributed by atoms with Gasteiger partial charge in [0.25, 0.3) is 0 Å². The maximum atomic E-state index is 6.13. The van der Waals surface area contributed by atoms with Gasteiger partial charge < -0.3 is 14.8 Å². The summed E-state index contributed by atoms with van der Waals surface area (Å²) in [7, 11) is 3.65. The Labute approximate surface area is 107 Å². The summed E-state index contributed by atoms with van der Waals surface area (Å²) in [6, 6.07) is 6.19. The molecule has 17 heavy (non-hydrogen) atoms. The zero-order valence-electron chi connectivity index (χ0n) is 10.4. The maximum absolute atomic E-state index is 6.13. The van der Waals surface area contributed by atoms with Crippen LogP contribution in [0.1, 0.15) is 12.0 Å². The number of hydrogen-bond donors (Lipinski definition) is 1. The van der Waals surface area contributed by atoms with E-state index in [1.165, 1.54) is 0 Å². The number of rotatable bonds is 4. The molecule has 1 aliphatic carbocycles. The van der Waals surface area contributed by atoms with Crippen molar-refractivity contribution in [3.05, 3.63) is 28.8 Å². The molecule has 0 aromatic heterocycles. The molecule has 0 heterocycles. The molecule has 3 atom stereocenters. The van der Waals surface area contributed by atoms with Crippen LogP contribution in [0.4, 0.5) is 0 Å². The Morgan fingerprint density at radius 1 is 1.41 bits per heavy atom. The van der Waals surface area contributed by atoms with Gasteiger partial charge in [0.05, 0.1) is 5.02 Å². The summed E-state index contributed by atoms with van der Waals surface area (Å²) >= 11 is 6.13. The summed E-state index contributed by atoms with van der Waals surface area (Å²) in [4.78, 5) is 0. The van der Waals surface area contributed by atoms with E-state index < -0.39 is 0 Å². The van der Waals surface area contributed by atoms with Crippen LogP contribution in [-0.4, -0.2) is 32.4 Å². The Balaban J connectivity index is 2.02. The molecule has 0 aliphatic heterocycles. The molecule has 3 nitrogen and oxygen atoms in total. The normalized spacial score (nSPS) is 27.6. The molecule has 0 radical (unpaired) electrons. The van der Waals surface area contributed by atoms with Gasteiger partial charge in [-0.1, -0.05) is 17.7 Å². The fourth-order valence-corrected chi connectivity index (χ4v) is 2.44. The molecule has 1 aliphatic rings. The minimum absolute atomic E-state index is 0.0812. The van der Waals surface area contributed by atoms with Gasteiger partial charge in [0.2, 0.25) is 0 Å². The molecule has 0 amide bonds. The Morgan fingerprint density at radius 2 is 2.18 bits per heavy atom. The number of benzene rings is 1. The van der Waals surface area contributed by atoms with E-state index in [1.54, 1.807) is 7.11 Å². The van der Waals surface area contributed by atoms with E-state index in [2.05, 4.69) is 5.32 Å². The maximum Gasteiger partial charge on any atom is 0.138 e. The second-order valence-electron chi connectivity index (χ2n) is 4.42. The van der Waals surface area contributed by atoms with Crippen molar-refractivity contribution in [3.63, 3.8) is 0 Å². The third kappa shape index (κ3) is 2.57. The SMILES string of the molecule is CNC1CC(Oc2ccc(C)cc2Cl)C1OC.